The number of phenols is 2. The van der Waals surface area contributed by atoms with E-state index in [0.717, 1.165) is 18.5 Å². The summed E-state index contributed by atoms with van der Waals surface area (Å²) < 4.78 is 7.25. The van der Waals surface area contributed by atoms with E-state index in [1.807, 2.05) is 27.7 Å². The number of allylic oxidation sites excluding steroid dienone is 2. The first-order valence-corrected chi connectivity index (χ1v) is 19.9. The average Bonchev–Trinajstić information content (AvgIpc) is 3.44. The first-order valence-electron chi connectivity index (χ1n) is 19.9. The van der Waals surface area contributed by atoms with E-state index < -0.39 is 69.8 Å². The number of ketones is 1. The monoisotopic (exact) mass is 737 g/mol. The largest absolute Gasteiger partial charge is 0.504 e. The number of aliphatic hydroxyl groups is 6. The molecule has 9 rings (SSSR count). The number of hydrogen-bond acceptors (Lipinski definition) is 11. The van der Waals surface area contributed by atoms with Crippen molar-refractivity contribution in [2.75, 3.05) is 19.7 Å². The average molecular weight is 738 g/mol. The maximum Gasteiger partial charge on any atom is 0.160 e. The lowest BCUT2D eigenvalue weighted by molar-refractivity contribution is -0.245. The third-order valence-corrected chi connectivity index (χ3v) is 16.6. The molecule has 1 saturated heterocycles. The summed E-state index contributed by atoms with van der Waals surface area (Å²) in [5.74, 6) is -4.26. The van der Waals surface area contributed by atoms with Gasteiger partial charge in [-0.05, 0) is 90.7 Å². The topological polar surface area (TPSA) is 200 Å². The normalized spacial score (nSPS) is 51.3. The number of hydrogen-bond donors (Lipinski definition) is 9. The maximum absolute atomic E-state index is 14.5. The van der Waals surface area contributed by atoms with Gasteiger partial charge >= 0.3 is 0 Å². The lowest BCUT2D eigenvalue weighted by Crippen LogP contribution is -2.70. The third-order valence-electron chi connectivity index (χ3n) is 16.6. The highest BCUT2D eigenvalue weighted by molar-refractivity contribution is 5.96. The minimum absolute atomic E-state index is 0.0439. The van der Waals surface area contributed by atoms with E-state index in [9.17, 15) is 45.6 Å². The van der Waals surface area contributed by atoms with Crippen LogP contribution in [0.4, 0.5) is 0 Å². The molecule has 0 radical (unpaired) electrons. The number of rotatable bonds is 6. The second-order valence-electron chi connectivity index (χ2n) is 18.7. The molecule has 1 aliphatic heterocycles. The quantitative estimate of drug-likeness (QED) is 0.154. The van der Waals surface area contributed by atoms with Crippen LogP contribution in [0.3, 0.4) is 0 Å². The van der Waals surface area contributed by atoms with Crippen molar-refractivity contribution in [1.82, 2.24) is 5.32 Å². The van der Waals surface area contributed by atoms with Crippen molar-refractivity contribution in [3.05, 3.63) is 47.1 Å². The fraction of sp³-hybridized carbons (Fsp3) is 0.738. The fourth-order valence-corrected chi connectivity index (χ4v) is 13.9. The van der Waals surface area contributed by atoms with Gasteiger partial charge in [0, 0.05) is 55.1 Å². The number of aliphatic hydroxyl groups excluding tert-OH is 4. The molecule has 5 fully saturated rings. The second-order valence-corrected chi connectivity index (χ2v) is 18.7. The molecule has 0 unspecified atom stereocenters. The number of benzene rings is 1. The van der Waals surface area contributed by atoms with Crippen molar-refractivity contribution < 1.29 is 50.4 Å². The highest BCUT2D eigenvalue weighted by Gasteiger charge is 2.82. The van der Waals surface area contributed by atoms with Crippen LogP contribution in [0.5, 0.6) is 11.5 Å². The highest BCUT2D eigenvalue weighted by atomic mass is 16.6. The number of carbonyl (C=O) groups excluding carboxylic acids is 1. The Kier molecular flexibility index (Phi) is 8.56. The van der Waals surface area contributed by atoms with Crippen molar-refractivity contribution in [3.63, 3.8) is 0 Å². The van der Waals surface area contributed by atoms with Crippen LogP contribution >= 0.6 is 0 Å². The molecule has 1 spiro atoms. The van der Waals surface area contributed by atoms with Crippen LogP contribution in [0.2, 0.25) is 0 Å². The summed E-state index contributed by atoms with van der Waals surface area (Å²) >= 11 is 0. The van der Waals surface area contributed by atoms with Gasteiger partial charge in [0.2, 0.25) is 0 Å². The first kappa shape index (κ1) is 37.6. The number of nitrogens with one attached hydrogen (secondary N) is 1. The zero-order chi connectivity index (χ0) is 38.3. The minimum Gasteiger partial charge on any atom is -0.504 e. The van der Waals surface area contributed by atoms with Crippen LogP contribution in [0.25, 0.3) is 0 Å². The van der Waals surface area contributed by atoms with Crippen molar-refractivity contribution in [1.29, 1.82) is 0 Å². The molecule has 1 aromatic carbocycles. The van der Waals surface area contributed by atoms with Gasteiger partial charge in [0.25, 0.3) is 0 Å². The van der Waals surface area contributed by atoms with Crippen LogP contribution in [-0.4, -0.2) is 108 Å². The van der Waals surface area contributed by atoms with E-state index in [0.29, 0.717) is 36.9 Å². The minimum atomic E-state index is -1.72. The van der Waals surface area contributed by atoms with E-state index in [1.54, 1.807) is 6.07 Å². The van der Waals surface area contributed by atoms with Gasteiger partial charge in [-0.15, -0.1) is 0 Å². The zero-order valence-corrected chi connectivity index (χ0v) is 31.6. The molecule has 16 atom stereocenters. The van der Waals surface area contributed by atoms with Crippen molar-refractivity contribution >= 4 is 5.78 Å². The van der Waals surface area contributed by atoms with E-state index in [-0.39, 0.29) is 66.3 Å². The molecule has 7 aliphatic carbocycles. The molecule has 1 aromatic rings. The molecule has 11 heteroatoms. The number of ether oxygens (including phenoxy) is 1. The van der Waals surface area contributed by atoms with Gasteiger partial charge in [-0.3, -0.25) is 4.79 Å². The number of fused-ring (bicyclic) bond motifs is 9. The maximum atomic E-state index is 14.5. The van der Waals surface area contributed by atoms with Crippen molar-refractivity contribution in [2.24, 2.45) is 45.8 Å². The highest BCUT2D eigenvalue weighted by Crippen LogP contribution is 2.75. The molecule has 11 nitrogen and oxygen atoms in total. The van der Waals surface area contributed by atoms with Crippen LogP contribution in [-0.2, 0) is 9.53 Å². The summed E-state index contributed by atoms with van der Waals surface area (Å²) in [7, 11) is 0. The number of carbonyl (C=O) groups is 1. The summed E-state index contributed by atoms with van der Waals surface area (Å²) in [6, 6.07) is 4.21. The molecule has 1 heterocycles. The summed E-state index contributed by atoms with van der Waals surface area (Å²) in [5.41, 5.74) is -4.86. The smallest absolute Gasteiger partial charge is 0.160 e. The Balaban J connectivity index is 1.23. The molecular formula is C42H59NO10. The molecule has 2 bridgehead atoms. The zero-order valence-electron chi connectivity index (χ0n) is 31.6. The van der Waals surface area contributed by atoms with Crippen molar-refractivity contribution in [2.45, 2.75) is 127 Å². The Morgan fingerprint density at radius 3 is 2.38 bits per heavy atom. The Morgan fingerprint density at radius 2 is 1.70 bits per heavy atom. The van der Waals surface area contributed by atoms with Gasteiger partial charge in [-0.2, -0.15) is 0 Å². The summed E-state index contributed by atoms with van der Waals surface area (Å²) in [5, 5.41) is 96.5. The van der Waals surface area contributed by atoms with Gasteiger partial charge in [0.15, 0.2) is 17.3 Å². The Morgan fingerprint density at radius 1 is 0.981 bits per heavy atom. The Hall–Kier alpha value is -2.35. The number of likely N-dealkylation sites (N-methyl/N-ethyl adjacent to an activating group) is 1. The van der Waals surface area contributed by atoms with Gasteiger partial charge in [-0.25, -0.2) is 0 Å². The lowest BCUT2D eigenvalue weighted by atomic mass is 9.43. The van der Waals surface area contributed by atoms with E-state index in [1.165, 1.54) is 18.2 Å². The van der Waals surface area contributed by atoms with Gasteiger partial charge in [0.05, 0.1) is 30.0 Å². The van der Waals surface area contributed by atoms with Crippen LogP contribution < -0.4 is 5.32 Å². The third kappa shape index (κ3) is 4.59. The molecule has 9 N–H and O–H groups in total. The van der Waals surface area contributed by atoms with E-state index >= 15 is 0 Å². The van der Waals surface area contributed by atoms with E-state index in [4.69, 9.17) is 4.74 Å². The SMILES string of the molecule is CCNCC1=C[C@]2(C)CC[C@@H]1[C@]1(O[C@H]3C[C@]4(O)C5=CC(=O)[C@H]6[C@@H](c7ccc(O)c(O)c7)[C@@H](O)[C@@H](O)C[C@]6(C)[C@@H]5CC[C@]4(C)[C@@H]3[C@]1(O)CCO)[C@@H](O)[C@H]2C. The summed E-state index contributed by atoms with van der Waals surface area (Å²) in [6.45, 7) is 11.2. The Bertz CT molecular complexity index is 1750. The van der Waals surface area contributed by atoms with Crippen LogP contribution in [0.15, 0.2) is 41.5 Å². The van der Waals surface area contributed by atoms with Crippen LogP contribution in [0.1, 0.15) is 91.0 Å². The molecule has 4 saturated carbocycles. The molecule has 0 amide bonds. The summed E-state index contributed by atoms with van der Waals surface area (Å²) in [4.78, 5) is 14.5. The number of phenolic OH excluding ortho intramolecular Hbond substituents is 2. The van der Waals surface area contributed by atoms with E-state index in [2.05, 4.69) is 18.3 Å². The molecule has 8 aliphatic rings. The Labute approximate surface area is 311 Å². The molecule has 292 valence electrons. The standard InChI is InChI=1S/C42H59NO10/c1-6-43-20-23-17-37(3)11-9-24(23)42(36(50)21(37)2)40(51,13-14-44)35-31(53-42)19-41(52)26-16-29(47)33-32(22-7-8-27(45)28(46)15-22)34(49)30(48)18-38(33,4)25(26)10-12-39(35,41)5/h7-8,15-17,21,24-25,30-36,43-46,48-52H,6,9-14,18-20H2,1-5H3/t21-,24+,25-,30+,31+,32-,33+,34+,35-,36+,37+,38-,39-,40-,41+,42+/m1/s1. The predicted molar refractivity (Wildman–Crippen MR) is 195 cm³/mol. The second kappa shape index (κ2) is 12.1. The first-order chi connectivity index (χ1) is 24.9. The molecule has 0 aromatic heterocycles. The molecular weight excluding hydrogens is 678 g/mol. The number of aromatic hydroxyl groups is 2. The lowest BCUT2D eigenvalue weighted by Gasteiger charge is -2.62. The van der Waals surface area contributed by atoms with Crippen molar-refractivity contribution in [3.8, 4) is 11.5 Å². The van der Waals surface area contributed by atoms with Gasteiger partial charge in [-0.1, -0.05) is 52.3 Å². The fourth-order valence-electron chi connectivity index (χ4n) is 13.9. The van der Waals surface area contributed by atoms with Crippen LogP contribution in [0, 0.1) is 45.8 Å². The van der Waals surface area contributed by atoms with Gasteiger partial charge in [0.1, 0.15) is 11.2 Å². The van der Waals surface area contributed by atoms with Gasteiger partial charge < -0.3 is 50.9 Å². The molecule has 53 heavy (non-hydrogen) atoms. The summed E-state index contributed by atoms with van der Waals surface area (Å²) in [6.07, 6.45) is 2.29. The predicted octanol–water partition coefficient (Wildman–Crippen LogP) is 2.82.